The number of rotatable bonds is 9. The molecule has 5 aromatic rings. The zero-order valence-corrected chi connectivity index (χ0v) is 29.3. The van der Waals surface area contributed by atoms with Crippen LogP contribution in [0.25, 0.3) is 16.8 Å². The molecule has 17 heteroatoms. The van der Waals surface area contributed by atoms with E-state index < -0.39 is 36.6 Å². The number of nitrogens with zero attached hydrogens (tertiary/aromatic N) is 4. The van der Waals surface area contributed by atoms with Gasteiger partial charge >= 0.3 is 12.3 Å². The van der Waals surface area contributed by atoms with Crippen molar-refractivity contribution in [1.82, 2.24) is 19.5 Å². The molecule has 1 aliphatic rings. The molecule has 0 bridgehead atoms. The van der Waals surface area contributed by atoms with Gasteiger partial charge in [0.2, 0.25) is 11.9 Å². The molecule has 0 spiro atoms. The fourth-order valence-corrected chi connectivity index (χ4v) is 5.08. The van der Waals surface area contributed by atoms with Crippen molar-refractivity contribution in [2.75, 3.05) is 30.3 Å². The minimum Gasteiger partial charge on any atom is -0.482 e. The maximum Gasteiger partial charge on any atom is 0.422 e. The molecule has 2 aromatic heterocycles. The first kappa shape index (κ1) is 39.0. The Morgan fingerprint density at radius 1 is 0.926 bits per heavy atom. The fraction of sp³-hybridized carbons (Fsp3) is 0.270. The third kappa shape index (κ3) is 11.1. The number of likely N-dealkylation sites (tertiary alicyclic amines) is 1. The SMILES string of the molecule is CC(C)(C)OC(N)=O.O=C(Cc1ccc(F)cc1)Nc1ccc(-c2ccc3nc(Nc4ccc(C(=O)N5CC(F)C5)cc4OCC(F)(F)F)nn3c2)cc1. The number of carbonyl (C=O) groups is 3. The number of amides is 3. The lowest BCUT2D eigenvalue weighted by atomic mass is 10.1. The predicted molar refractivity (Wildman–Crippen MR) is 190 cm³/mol. The van der Waals surface area contributed by atoms with Crippen LogP contribution in [0.4, 0.5) is 44.1 Å². The summed E-state index contributed by atoms with van der Waals surface area (Å²) in [4.78, 5) is 40.6. The lowest BCUT2D eigenvalue weighted by Crippen LogP contribution is -2.51. The third-order valence-corrected chi connectivity index (χ3v) is 7.51. The molecule has 3 aromatic carbocycles. The first-order chi connectivity index (χ1) is 25.4. The lowest BCUT2D eigenvalue weighted by Gasteiger charge is -2.34. The molecule has 6 rings (SSSR count). The van der Waals surface area contributed by atoms with Crippen molar-refractivity contribution in [2.24, 2.45) is 5.73 Å². The molecule has 3 heterocycles. The van der Waals surface area contributed by atoms with E-state index >= 15 is 0 Å². The maximum absolute atomic E-state index is 13.2. The van der Waals surface area contributed by atoms with E-state index in [1.807, 2.05) is 18.2 Å². The van der Waals surface area contributed by atoms with Crippen LogP contribution in [0, 0.1) is 5.82 Å². The van der Waals surface area contributed by atoms with Gasteiger partial charge in [0.05, 0.1) is 25.2 Å². The van der Waals surface area contributed by atoms with Crippen molar-refractivity contribution in [3.05, 3.63) is 102 Å². The maximum atomic E-state index is 13.2. The second kappa shape index (κ2) is 16.2. The van der Waals surface area contributed by atoms with Crippen LogP contribution in [-0.2, 0) is 16.0 Å². The van der Waals surface area contributed by atoms with Crippen LogP contribution in [0.5, 0.6) is 5.75 Å². The van der Waals surface area contributed by atoms with E-state index in [0.717, 1.165) is 11.1 Å². The summed E-state index contributed by atoms with van der Waals surface area (Å²) < 4.78 is 76.3. The average molecular weight is 754 g/mol. The van der Waals surface area contributed by atoms with E-state index in [4.69, 9.17) is 10.5 Å². The number of nitrogens with two attached hydrogens (primary N) is 1. The predicted octanol–water partition coefficient (Wildman–Crippen LogP) is 7.08. The van der Waals surface area contributed by atoms with E-state index in [0.29, 0.717) is 16.9 Å². The summed E-state index contributed by atoms with van der Waals surface area (Å²) in [6, 6.07) is 20.3. The topological polar surface area (TPSA) is 153 Å². The Kier molecular flexibility index (Phi) is 11.7. The Morgan fingerprint density at radius 3 is 2.19 bits per heavy atom. The molecule has 0 aliphatic carbocycles. The summed E-state index contributed by atoms with van der Waals surface area (Å²) in [5, 5.41) is 10.0. The Hall–Kier alpha value is -6.26. The van der Waals surface area contributed by atoms with Crippen molar-refractivity contribution in [3.8, 4) is 16.9 Å². The van der Waals surface area contributed by atoms with Gasteiger partial charge in [0, 0.05) is 23.0 Å². The number of ether oxygens (including phenoxy) is 2. The van der Waals surface area contributed by atoms with Gasteiger partial charge in [-0.2, -0.15) is 18.2 Å². The Labute approximate surface area is 306 Å². The highest BCUT2D eigenvalue weighted by Gasteiger charge is 2.32. The normalized spacial score (nSPS) is 13.0. The molecule has 12 nitrogen and oxygen atoms in total. The zero-order valence-electron chi connectivity index (χ0n) is 29.3. The first-order valence-corrected chi connectivity index (χ1v) is 16.4. The highest BCUT2D eigenvalue weighted by molar-refractivity contribution is 5.96. The van der Waals surface area contributed by atoms with E-state index in [-0.39, 0.29) is 54.2 Å². The smallest absolute Gasteiger partial charge is 0.422 e. The van der Waals surface area contributed by atoms with Crippen LogP contribution in [0.2, 0.25) is 0 Å². The molecule has 0 radical (unpaired) electrons. The number of pyridine rings is 1. The highest BCUT2D eigenvalue weighted by atomic mass is 19.4. The molecule has 3 amide bonds. The van der Waals surface area contributed by atoms with Crippen LogP contribution in [0.15, 0.2) is 85.1 Å². The fourth-order valence-electron chi connectivity index (χ4n) is 5.08. The van der Waals surface area contributed by atoms with Crippen LogP contribution in [0.3, 0.4) is 0 Å². The average Bonchev–Trinajstić information content (AvgIpc) is 3.48. The van der Waals surface area contributed by atoms with Gasteiger partial charge in [-0.25, -0.2) is 18.1 Å². The first-order valence-electron chi connectivity index (χ1n) is 16.4. The number of halogens is 5. The molecular weight excluding hydrogens is 717 g/mol. The largest absolute Gasteiger partial charge is 0.482 e. The molecule has 4 N–H and O–H groups in total. The van der Waals surface area contributed by atoms with Gasteiger partial charge in [0.1, 0.15) is 23.3 Å². The second-order valence-corrected chi connectivity index (χ2v) is 13.2. The quantitative estimate of drug-likeness (QED) is 0.135. The van der Waals surface area contributed by atoms with Crippen molar-refractivity contribution in [2.45, 2.75) is 45.1 Å². The van der Waals surface area contributed by atoms with Crippen LogP contribution in [-0.4, -0.2) is 75.1 Å². The molecule has 0 atom stereocenters. The summed E-state index contributed by atoms with van der Waals surface area (Å²) in [6.45, 7) is 3.54. The van der Waals surface area contributed by atoms with Crippen molar-refractivity contribution >= 4 is 40.9 Å². The number of nitrogens with one attached hydrogen (secondary N) is 2. The monoisotopic (exact) mass is 753 g/mol. The lowest BCUT2D eigenvalue weighted by molar-refractivity contribution is -0.153. The summed E-state index contributed by atoms with van der Waals surface area (Å²) in [5.41, 5.74) is 7.71. The minimum absolute atomic E-state index is 0.0562. The number of benzene rings is 3. The molecule has 0 unspecified atom stereocenters. The standard InChI is InChI=1S/C32H25F5N6O3.C5H11NO2/c33-23-7-1-19(2-8-23)13-29(44)38-25-9-3-20(4-10-25)22-6-12-28-40-31(41-43(28)15-22)39-26-11-5-21(30(45)42-16-24(34)17-42)14-27(26)46-18-32(35,36)37;1-5(2,3)8-4(6)7/h1-12,14-15,24H,13,16-18H2,(H,38,44)(H,39,41);1-3H3,(H2,6,7). The third-order valence-electron chi connectivity index (χ3n) is 7.51. The van der Waals surface area contributed by atoms with Gasteiger partial charge in [-0.3, -0.25) is 9.59 Å². The Bertz CT molecular complexity index is 2110. The number of alkyl halides is 4. The van der Waals surface area contributed by atoms with Gasteiger partial charge in [-0.15, -0.1) is 5.10 Å². The molecule has 0 saturated carbocycles. The summed E-state index contributed by atoms with van der Waals surface area (Å²) in [6.07, 6.45) is -4.66. The summed E-state index contributed by atoms with van der Waals surface area (Å²) >= 11 is 0. The molecule has 1 saturated heterocycles. The van der Waals surface area contributed by atoms with E-state index in [2.05, 4.69) is 25.5 Å². The van der Waals surface area contributed by atoms with E-state index in [1.54, 1.807) is 57.3 Å². The van der Waals surface area contributed by atoms with Crippen molar-refractivity contribution in [3.63, 3.8) is 0 Å². The van der Waals surface area contributed by atoms with Gasteiger partial charge in [-0.05, 0) is 86.5 Å². The van der Waals surface area contributed by atoms with Crippen LogP contribution < -0.4 is 21.1 Å². The van der Waals surface area contributed by atoms with E-state index in [1.165, 1.54) is 39.7 Å². The number of hydrogen-bond donors (Lipinski definition) is 3. The van der Waals surface area contributed by atoms with Gasteiger partial charge in [0.15, 0.2) is 12.3 Å². The number of fused-ring (bicyclic) bond motifs is 1. The van der Waals surface area contributed by atoms with Crippen LogP contribution in [0.1, 0.15) is 36.7 Å². The number of hydrogen-bond acceptors (Lipinski definition) is 8. The molecule has 1 aliphatic heterocycles. The minimum atomic E-state index is -4.62. The Balaban J connectivity index is 0.000000631. The van der Waals surface area contributed by atoms with Crippen LogP contribution >= 0.6 is 0 Å². The van der Waals surface area contributed by atoms with Crippen molar-refractivity contribution in [1.29, 1.82) is 0 Å². The zero-order chi connectivity index (χ0) is 39.2. The van der Waals surface area contributed by atoms with Gasteiger partial charge in [0.25, 0.3) is 5.91 Å². The summed E-state index contributed by atoms with van der Waals surface area (Å²) in [5.74, 6) is -1.32. The number of anilines is 3. The molecule has 284 valence electrons. The second-order valence-electron chi connectivity index (χ2n) is 13.2. The molecular formula is C37H36F5N7O5. The number of primary amides is 1. The van der Waals surface area contributed by atoms with Gasteiger partial charge in [-0.1, -0.05) is 24.3 Å². The van der Waals surface area contributed by atoms with Gasteiger partial charge < -0.3 is 30.7 Å². The highest BCUT2D eigenvalue weighted by Crippen LogP contribution is 2.31. The summed E-state index contributed by atoms with van der Waals surface area (Å²) in [7, 11) is 0. The number of carbonyl (C=O) groups excluding carboxylic acids is 3. The van der Waals surface area contributed by atoms with Crippen molar-refractivity contribution < 1.29 is 45.8 Å². The number of aromatic nitrogens is 3. The molecule has 1 fully saturated rings. The Morgan fingerprint density at radius 2 is 1.59 bits per heavy atom. The molecule has 54 heavy (non-hydrogen) atoms. The van der Waals surface area contributed by atoms with E-state index in [9.17, 15) is 36.3 Å².